The molecule has 0 saturated carbocycles. The lowest BCUT2D eigenvalue weighted by Crippen LogP contribution is -2.39. The summed E-state index contributed by atoms with van der Waals surface area (Å²) in [6, 6.07) is 9.06. The number of para-hydroxylation sites is 1. The third-order valence-electron chi connectivity index (χ3n) is 2.75. The van der Waals surface area contributed by atoms with Crippen molar-refractivity contribution in [1.82, 2.24) is 0 Å². The van der Waals surface area contributed by atoms with Crippen LogP contribution >= 0.6 is 0 Å². The summed E-state index contributed by atoms with van der Waals surface area (Å²) in [5.41, 5.74) is -0.618. The van der Waals surface area contributed by atoms with E-state index in [4.69, 9.17) is 4.74 Å². The molecule has 3 nitrogen and oxygen atoms in total. The Morgan fingerprint density at radius 1 is 1.56 bits per heavy atom. The Hall–Kier alpha value is -2.08. The first-order valence-corrected chi connectivity index (χ1v) is 5.02. The van der Waals surface area contributed by atoms with Crippen molar-refractivity contribution < 1.29 is 9.53 Å². The molecule has 0 spiro atoms. The third kappa shape index (κ3) is 1.40. The van der Waals surface area contributed by atoms with E-state index in [-0.39, 0.29) is 12.4 Å². The lowest BCUT2D eigenvalue weighted by atomic mass is 9.78. The van der Waals surface area contributed by atoms with Gasteiger partial charge in [0.05, 0.1) is 11.6 Å². The molecule has 1 atom stereocenters. The minimum absolute atomic E-state index is 0.103. The van der Waals surface area contributed by atoms with Gasteiger partial charge in [-0.3, -0.25) is 4.79 Å². The zero-order chi connectivity index (χ0) is 11.6. The second-order valence-electron chi connectivity index (χ2n) is 3.80. The molecule has 1 heterocycles. The van der Waals surface area contributed by atoms with Crippen LogP contribution in [0.25, 0.3) is 0 Å². The second kappa shape index (κ2) is 3.82. The van der Waals surface area contributed by atoms with Gasteiger partial charge in [-0.05, 0) is 18.6 Å². The van der Waals surface area contributed by atoms with Crippen LogP contribution in [0.15, 0.2) is 36.9 Å². The van der Waals surface area contributed by atoms with Crippen molar-refractivity contribution in [3.8, 4) is 11.8 Å². The number of hydrogen-bond donors (Lipinski definition) is 0. The normalized spacial score (nSPS) is 22.8. The largest absolute Gasteiger partial charge is 0.491 e. The number of carbonyl (C=O) groups excluding carboxylic acids is 1. The van der Waals surface area contributed by atoms with Crippen LogP contribution in [0, 0.1) is 16.7 Å². The maximum atomic E-state index is 12.2. The van der Waals surface area contributed by atoms with Crippen LogP contribution in [0.5, 0.6) is 5.75 Å². The highest BCUT2D eigenvalue weighted by Crippen LogP contribution is 2.36. The third-order valence-corrected chi connectivity index (χ3v) is 2.75. The summed E-state index contributed by atoms with van der Waals surface area (Å²) in [6.07, 6.45) is 1.90. The van der Waals surface area contributed by atoms with E-state index in [1.165, 1.54) is 0 Å². The molecule has 0 radical (unpaired) electrons. The number of ether oxygens (including phenoxy) is 1. The Morgan fingerprint density at radius 3 is 3.00 bits per heavy atom. The first-order valence-electron chi connectivity index (χ1n) is 5.02. The minimum atomic E-state index is -1.10. The lowest BCUT2D eigenvalue weighted by Gasteiger charge is -2.29. The van der Waals surface area contributed by atoms with Gasteiger partial charge in [0.1, 0.15) is 12.4 Å². The van der Waals surface area contributed by atoms with Gasteiger partial charge < -0.3 is 4.74 Å². The smallest absolute Gasteiger partial charge is 0.190 e. The average molecular weight is 213 g/mol. The van der Waals surface area contributed by atoms with Gasteiger partial charge in [0.25, 0.3) is 0 Å². The summed E-state index contributed by atoms with van der Waals surface area (Å²) in [7, 11) is 0. The molecule has 0 unspecified atom stereocenters. The molecule has 0 N–H and O–H groups in total. The highest BCUT2D eigenvalue weighted by molar-refractivity contribution is 6.05. The van der Waals surface area contributed by atoms with Crippen molar-refractivity contribution in [2.24, 2.45) is 5.41 Å². The molecule has 0 aliphatic carbocycles. The molecule has 3 heteroatoms. The van der Waals surface area contributed by atoms with Crippen LogP contribution in [0.4, 0.5) is 0 Å². The molecule has 2 rings (SSSR count). The maximum absolute atomic E-state index is 12.2. The number of allylic oxidation sites excluding steroid dienone is 1. The fraction of sp³-hybridized carbons (Fsp3) is 0.231. The van der Waals surface area contributed by atoms with Gasteiger partial charge in [-0.15, -0.1) is 6.58 Å². The maximum Gasteiger partial charge on any atom is 0.190 e. The molecular formula is C13H11NO2. The monoisotopic (exact) mass is 213 g/mol. The predicted octanol–water partition coefficient (Wildman–Crippen LogP) is 2.35. The number of rotatable bonds is 2. The molecule has 16 heavy (non-hydrogen) atoms. The van der Waals surface area contributed by atoms with Crippen LogP contribution in [0.2, 0.25) is 0 Å². The molecule has 0 amide bonds. The minimum Gasteiger partial charge on any atom is -0.491 e. The summed E-state index contributed by atoms with van der Waals surface area (Å²) in [5, 5.41) is 9.17. The van der Waals surface area contributed by atoms with Gasteiger partial charge >= 0.3 is 0 Å². The second-order valence-corrected chi connectivity index (χ2v) is 3.80. The number of benzene rings is 1. The van der Waals surface area contributed by atoms with Gasteiger partial charge in [0, 0.05) is 0 Å². The van der Waals surface area contributed by atoms with Gasteiger partial charge in [0.15, 0.2) is 11.2 Å². The molecule has 80 valence electrons. The van der Waals surface area contributed by atoms with E-state index in [9.17, 15) is 10.1 Å². The molecule has 0 fully saturated rings. The zero-order valence-electron chi connectivity index (χ0n) is 8.77. The molecule has 1 aliphatic rings. The van der Waals surface area contributed by atoms with Crippen molar-refractivity contribution in [3.05, 3.63) is 42.5 Å². The van der Waals surface area contributed by atoms with Crippen molar-refractivity contribution in [3.63, 3.8) is 0 Å². The van der Waals surface area contributed by atoms with E-state index in [0.29, 0.717) is 17.7 Å². The van der Waals surface area contributed by atoms with Crippen LogP contribution in [-0.4, -0.2) is 12.4 Å². The van der Waals surface area contributed by atoms with Gasteiger partial charge in [-0.2, -0.15) is 5.26 Å². The topological polar surface area (TPSA) is 50.1 Å². The van der Waals surface area contributed by atoms with E-state index in [2.05, 4.69) is 12.6 Å². The number of nitriles is 1. The molecule has 0 saturated heterocycles. The summed E-state index contributed by atoms with van der Waals surface area (Å²) in [5.74, 6) is 0.388. The first kappa shape index (κ1) is 10.4. The van der Waals surface area contributed by atoms with Crippen LogP contribution in [-0.2, 0) is 0 Å². The highest BCUT2D eigenvalue weighted by Gasteiger charge is 2.43. The summed E-state index contributed by atoms with van der Waals surface area (Å²) >= 11 is 0. The fourth-order valence-electron chi connectivity index (χ4n) is 1.83. The van der Waals surface area contributed by atoms with Crippen LogP contribution in [0.1, 0.15) is 16.8 Å². The fourth-order valence-corrected chi connectivity index (χ4v) is 1.83. The number of carbonyl (C=O) groups is 1. The number of ketones is 1. The SMILES string of the molecule is C=CC[C@]1(C#N)COc2ccccc2C1=O. The van der Waals surface area contributed by atoms with Crippen LogP contribution < -0.4 is 4.74 Å². The highest BCUT2D eigenvalue weighted by atomic mass is 16.5. The quantitative estimate of drug-likeness (QED) is 0.708. The summed E-state index contributed by atoms with van der Waals surface area (Å²) < 4.78 is 5.46. The van der Waals surface area contributed by atoms with Crippen molar-refractivity contribution in [2.75, 3.05) is 6.61 Å². The molecule has 0 aromatic heterocycles. The van der Waals surface area contributed by atoms with E-state index >= 15 is 0 Å². The van der Waals surface area contributed by atoms with E-state index in [1.54, 1.807) is 30.3 Å². The van der Waals surface area contributed by atoms with E-state index in [1.807, 2.05) is 0 Å². The molecular weight excluding hydrogens is 202 g/mol. The lowest BCUT2D eigenvalue weighted by molar-refractivity contribution is 0.0733. The Labute approximate surface area is 94.0 Å². The predicted molar refractivity (Wildman–Crippen MR) is 59.1 cm³/mol. The Morgan fingerprint density at radius 2 is 2.31 bits per heavy atom. The Bertz CT molecular complexity index is 487. The Kier molecular flexibility index (Phi) is 2.49. The van der Waals surface area contributed by atoms with Crippen LogP contribution in [0.3, 0.4) is 0 Å². The molecule has 1 aromatic carbocycles. The number of hydrogen-bond acceptors (Lipinski definition) is 3. The molecule has 1 aromatic rings. The number of Topliss-reactive ketones (excluding diaryl/α,β-unsaturated/α-hetero) is 1. The van der Waals surface area contributed by atoms with Crippen molar-refractivity contribution in [1.29, 1.82) is 5.26 Å². The molecule has 1 aliphatic heterocycles. The van der Waals surface area contributed by atoms with Crippen molar-refractivity contribution >= 4 is 5.78 Å². The average Bonchev–Trinajstić information content (AvgIpc) is 2.33. The Balaban J connectivity index is 2.48. The first-order chi connectivity index (χ1) is 7.73. The van der Waals surface area contributed by atoms with Crippen molar-refractivity contribution in [2.45, 2.75) is 6.42 Å². The van der Waals surface area contributed by atoms with Gasteiger partial charge in [-0.25, -0.2) is 0 Å². The number of nitrogens with zero attached hydrogens (tertiary/aromatic N) is 1. The van der Waals surface area contributed by atoms with E-state index < -0.39 is 5.41 Å². The van der Waals surface area contributed by atoms with Gasteiger partial charge in [-0.1, -0.05) is 18.2 Å². The van der Waals surface area contributed by atoms with Gasteiger partial charge in [0.2, 0.25) is 0 Å². The van der Waals surface area contributed by atoms with E-state index in [0.717, 1.165) is 0 Å². The molecule has 0 bridgehead atoms. The summed E-state index contributed by atoms with van der Waals surface area (Å²) in [6.45, 7) is 3.68. The summed E-state index contributed by atoms with van der Waals surface area (Å²) in [4.78, 5) is 12.2. The standard InChI is InChI=1S/C13H11NO2/c1-2-7-13(8-14)9-16-11-6-4-3-5-10(11)12(13)15/h2-6H,1,7,9H2/t13-/m0/s1. The zero-order valence-corrected chi connectivity index (χ0v) is 8.77. The number of fused-ring (bicyclic) bond motifs is 1.